The molecule has 0 fully saturated rings. The number of hydrogen-bond acceptors (Lipinski definition) is 4. The summed E-state index contributed by atoms with van der Waals surface area (Å²) in [5, 5.41) is 3.73. The van der Waals surface area contributed by atoms with Crippen LogP contribution in [-0.2, 0) is 14.8 Å². The van der Waals surface area contributed by atoms with Gasteiger partial charge in [0.1, 0.15) is 5.75 Å². The molecule has 0 aliphatic carbocycles. The molecule has 3 aromatic rings. The van der Waals surface area contributed by atoms with Gasteiger partial charge in [-0.3, -0.25) is 9.52 Å². The number of carbonyl (C=O) groups is 1. The van der Waals surface area contributed by atoms with Crippen LogP contribution in [0.3, 0.4) is 0 Å². The third kappa shape index (κ3) is 5.91. The number of rotatable bonds is 7. The predicted octanol–water partition coefficient (Wildman–Crippen LogP) is 5.51. The largest absolute Gasteiger partial charge is 0.481 e. The van der Waals surface area contributed by atoms with Crippen LogP contribution in [0.4, 0.5) is 11.4 Å². The maximum Gasteiger partial charge on any atom is 0.265 e. The molecule has 31 heavy (non-hydrogen) atoms. The van der Waals surface area contributed by atoms with Crippen molar-refractivity contribution in [3.05, 3.63) is 82.3 Å². The van der Waals surface area contributed by atoms with Crippen LogP contribution >= 0.6 is 23.2 Å². The number of halogens is 2. The molecule has 2 N–H and O–H groups in total. The van der Waals surface area contributed by atoms with Crippen LogP contribution in [-0.4, -0.2) is 20.4 Å². The smallest absolute Gasteiger partial charge is 0.265 e. The molecule has 0 aliphatic heterocycles. The Bertz CT molecular complexity index is 1180. The molecular weight excluding hydrogens is 459 g/mol. The normalized spacial score (nSPS) is 12.1. The van der Waals surface area contributed by atoms with Gasteiger partial charge in [-0.2, -0.15) is 0 Å². The first kappa shape index (κ1) is 22.9. The molecule has 3 aromatic carbocycles. The van der Waals surface area contributed by atoms with Crippen molar-refractivity contribution in [3.63, 3.8) is 0 Å². The lowest BCUT2D eigenvalue weighted by Crippen LogP contribution is -2.30. The molecule has 3 rings (SSSR count). The third-order valence-corrected chi connectivity index (χ3v) is 6.48. The summed E-state index contributed by atoms with van der Waals surface area (Å²) in [5.41, 5.74) is 1.47. The number of anilines is 2. The minimum atomic E-state index is -3.82. The monoisotopic (exact) mass is 478 g/mol. The van der Waals surface area contributed by atoms with Crippen molar-refractivity contribution in [1.29, 1.82) is 0 Å². The zero-order valence-corrected chi connectivity index (χ0v) is 19.1. The van der Waals surface area contributed by atoms with E-state index >= 15 is 0 Å². The van der Waals surface area contributed by atoms with Crippen molar-refractivity contribution in [3.8, 4) is 5.75 Å². The quantitative estimate of drug-likeness (QED) is 0.468. The molecule has 0 aliphatic rings. The zero-order valence-electron chi connectivity index (χ0n) is 16.7. The molecule has 0 radical (unpaired) electrons. The Morgan fingerprint density at radius 3 is 2.26 bits per heavy atom. The van der Waals surface area contributed by atoms with Crippen molar-refractivity contribution in [1.82, 2.24) is 0 Å². The summed E-state index contributed by atoms with van der Waals surface area (Å²) in [4.78, 5) is 12.4. The van der Waals surface area contributed by atoms with E-state index in [1.807, 2.05) is 0 Å². The Kier molecular flexibility index (Phi) is 7.10. The van der Waals surface area contributed by atoms with E-state index in [-0.39, 0.29) is 10.8 Å². The Morgan fingerprint density at radius 1 is 0.968 bits per heavy atom. The van der Waals surface area contributed by atoms with Crippen molar-refractivity contribution in [2.24, 2.45) is 0 Å². The average Bonchev–Trinajstić information content (AvgIpc) is 2.73. The molecule has 0 aromatic heterocycles. The molecule has 0 saturated carbocycles. The standard InChI is InChI=1S/C22H20Cl2N2O4S/c1-14-20(24)4-3-5-21(14)26-31(28,29)19-12-8-17(9-13-19)25-22(27)15(2)30-18-10-6-16(23)7-11-18/h3-13,15,26H,1-2H3,(H,25,27). The van der Waals surface area contributed by atoms with Crippen molar-refractivity contribution in [2.45, 2.75) is 24.8 Å². The van der Waals surface area contributed by atoms with E-state index in [0.29, 0.717) is 32.7 Å². The van der Waals surface area contributed by atoms with Gasteiger partial charge in [-0.15, -0.1) is 0 Å². The number of carbonyl (C=O) groups excluding carboxylic acids is 1. The molecule has 9 heteroatoms. The van der Waals surface area contributed by atoms with Crippen LogP contribution in [0.25, 0.3) is 0 Å². The van der Waals surface area contributed by atoms with Gasteiger partial charge in [-0.1, -0.05) is 29.3 Å². The molecule has 1 amide bonds. The Labute approximate surface area is 191 Å². The van der Waals surface area contributed by atoms with E-state index in [1.165, 1.54) is 24.3 Å². The van der Waals surface area contributed by atoms with Gasteiger partial charge >= 0.3 is 0 Å². The highest BCUT2D eigenvalue weighted by atomic mass is 35.5. The average molecular weight is 479 g/mol. The van der Waals surface area contributed by atoms with E-state index < -0.39 is 16.1 Å². The summed E-state index contributed by atoms with van der Waals surface area (Å²) in [6.45, 7) is 3.34. The highest BCUT2D eigenvalue weighted by Gasteiger charge is 2.18. The molecular formula is C22H20Cl2N2O4S. The number of nitrogens with one attached hydrogen (secondary N) is 2. The van der Waals surface area contributed by atoms with Gasteiger partial charge in [0.25, 0.3) is 15.9 Å². The molecule has 0 saturated heterocycles. The van der Waals surface area contributed by atoms with Gasteiger partial charge < -0.3 is 10.1 Å². The molecule has 6 nitrogen and oxygen atoms in total. The van der Waals surface area contributed by atoms with E-state index in [4.69, 9.17) is 27.9 Å². The number of amides is 1. The maximum absolute atomic E-state index is 12.7. The molecule has 0 spiro atoms. The van der Waals surface area contributed by atoms with E-state index in [9.17, 15) is 13.2 Å². The predicted molar refractivity (Wildman–Crippen MR) is 124 cm³/mol. The summed E-state index contributed by atoms with van der Waals surface area (Å²) >= 11 is 11.9. The van der Waals surface area contributed by atoms with Gasteiger partial charge in [-0.25, -0.2) is 8.42 Å². The van der Waals surface area contributed by atoms with Crippen LogP contribution in [0.5, 0.6) is 5.75 Å². The number of ether oxygens (including phenoxy) is 1. The van der Waals surface area contributed by atoms with Crippen LogP contribution in [0, 0.1) is 6.92 Å². The van der Waals surface area contributed by atoms with Gasteiger partial charge in [0.2, 0.25) is 0 Å². The highest BCUT2D eigenvalue weighted by Crippen LogP contribution is 2.26. The topological polar surface area (TPSA) is 84.5 Å². The fraction of sp³-hybridized carbons (Fsp3) is 0.136. The van der Waals surface area contributed by atoms with Crippen molar-refractivity contribution >= 4 is 50.5 Å². The van der Waals surface area contributed by atoms with Gasteiger partial charge in [0.15, 0.2) is 6.10 Å². The number of hydrogen-bond donors (Lipinski definition) is 2. The summed E-state index contributed by atoms with van der Waals surface area (Å²) in [7, 11) is -3.82. The van der Waals surface area contributed by atoms with Crippen molar-refractivity contribution < 1.29 is 17.9 Å². The SMILES string of the molecule is Cc1c(Cl)cccc1NS(=O)(=O)c1ccc(NC(=O)C(C)Oc2ccc(Cl)cc2)cc1. The summed E-state index contributed by atoms with van der Waals surface area (Å²) in [5.74, 6) is 0.133. The Morgan fingerprint density at radius 2 is 1.61 bits per heavy atom. The summed E-state index contributed by atoms with van der Waals surface area (Å²) in [6.07, 6.45) is -0.767. The van der Waals surface area contributed by atoms with Crippen LogP contribution < -0.4 is 14.8 Å². The Balaban J connectivity index is 1.65. The lowest BCUT2D eigenvalue weighted by atomic mass is 10.2. The Hall–Kier alpha value is -2.74. The van der Waals surface area contributed by atoms with Crippen LogP contribution in [0.2, 0.25) is 10.0 Å². The van der Waals surface area contributed by atoms with Crippen LogP contribution in [0.15, 0.2) is 71.6 Å². The number of sulfonamides is 1. The minimum Gasteiger partial charge on any atom is -0.481 e. The van der Waals surface area contributed by atoms with E-state index in [1.54, 1.807) is 56.3 Å². The highest BCUT2D eigenvalue weighted by molar-refractivity contribution is 7.92. The second-order valence-corrected chi connectivity index (χ2v) is 9.27. The molecule has 1 atom stereocenters. The maximum atomic E-state index is 12.7. The molecule has 0 bridgehead atoms. The lowest BCUT2D eigenvalue weighted by molar-refractivity contribution is -0.122. The second kappa shape index (κ2) is 9.60. The number of benzene rings is 3. The molecule has 0 heterocycles. The van der Waals surface area contributed by atoms with Gasteiger partial charge in [-0.05, 0) is 80.1 Å². The third-order valence-electron chi connectivity index (χ3n) is 4.44. The van der Waals surface area contributed by atoms with Crippen molar-refractivity contribution in [2.75, 3.05) is 10.0 Å². The molecule has 1 unspecified atom stereocenters. The zero-order chi connectivity index (χ0) is 22.6. The summed E-state index contributed by atoms with van der Waals surface area (Å²) in [6, 6.07) is 17.5. The van der Waals surface area contributed by atoms with Gasteiger partial charge in [0.05, 0.1) is 10.6 Å². The lowest BCUT2D eigenvalue weighted by Gasteiger charge is -2.15. The minimum absolute atomic E-state index is 0.0512. The molecule has 162 valence electrons. The fourth-order valence-corrected chi connectivity index (χ4v) is 4.08. The van der Waals surface area contributed by atoms with E-state index in [0.717, 1.165) is 0 Å². The fourth-order valence-electron chi connectivity index (χ4n) is 2.65. The first-order chi connectivity index (χ1) is 14.7. The summed E-state index contributed by atoms with van der Waals surface area (Å²) < 4.78 is 33.4. The second-order valence-electron chi connectivity index (χ2n) is 6.75. The van der Waals surface area contributed by atoms with Gasteiger partial charge in [0, 0.05) is 15.7 Å². The van der Waals surface area contributed by atoms with E-state index in [2.05, 4.69) is 10.0 Å². The first-order valence-electron chi connectivity index (χ1n) is 9.27. The van der Waals surface area contributed by atoms with Crippen LogP contribution in [0.1, 0.15) is 12.5 Å². The first-order valence-corrected chi connectivity index (χ1v) is 11.5.